The molecule has 0 saturated carbocycles. The van der Waals surface area contributed by atoms with Crippen LogP contribution in [0.5, 0.6) is 0 Å². The summed E-state index contributed by atoms with van der Waals surface area (Å²) in [6.07, 6.45) is 3.65. The van der Waals surface area contributed by atoms with Gasteiger partial charge in [-0.2, -0.15) is 0 Å². The van der Waals surface area contributed by atoms with Crippen LogP contribution in [0.4, 0.5) is 0 Å². The minimum atomic E-state index is -1.51. The minimum Gasteiger partial charge on any atom is -0.480 e. The van der Waals surface area contributed by atoms with Gasteiger partial charge < -0.3 is 59.8 Å². The highest BCUT2D eigenvalue weighted by Gasteiger charge is 2.30. The molecule has 0 spiro atoms. The first-order valence-electron chi connectivity index (χ1n) is 12.0. The Bertz CT molecular complexity index is 992. The number of hydrogen-bond donors (Lipinski definition) is 11. The third kappa shape index (κ3) is 13.1. The van der Waals surface area contributed by atoms with Crippen molar-refractivity contribution in [3.8, 4) is 0 Å². The van der Waals surface area contributed by atoms with E-state index in [9.17, 15) is 29.4 Å². The van der Waals surface area contributed by atoms with Gasteiger partial charge in [0.1, 0.15) is 18.1 Å². The van der Waals surface area contributed by atoms with Gasteiger partial charge in [0.05, 0.1) is 19.0 Å². The van der Waals surface area contributed by atoms with Gasteiger partial charge in [0.15, 0.2) is 11.9 Å². The van der Waals surface area contributed by atoms with Crippen molar-refractivity contribution >= 4 is 35.6 Å². The molecule has 4 atom stereocenters. The van der Waals surface area contributed by atoms with Crippen molar-refractivity contribution < 1.29 is 29.4 Å². The molecule has 0 fully saturated rings. The highest BCUT2D eigenvalue weighted by Crippen LogP contribution is 2.04. The fourth-order valence-electron chi connectivity index (χ4n) is 3.25. The third-order valence-electron chi connectivity index (χ3n) is 5.29. The minimum absolute atomic E-state index is 0.0104. The number of carbonyl (C=O) groups is 4. The Labute approximate surface area is 224 Å². The van der Waals surface area contributed by atoms with E-state index >= 15 is 0 Å². The van der Waals surface area contributed by atoms with Crippen LogP contribution in [0.15, 0.2) is 22.5 Å². The number of carboxylic acids is 1. The lowest BCUT2D eigenvalue weighted by molar-refractivity contribution is -0.142. The van der Waals surface area contributed by atoms with Crippen LogP contribution < -0.4 is 44.6 Å². The van der Waals surface area contributed by atoms with Crippen LogP contribution in [0.25, 0.3) is 0 Å². The van der Waals surface area contributed by atoms with Gasteiger partial charge >= 0.3 is 5.97 Å². The summed E-state index contributed by atoms with van der Waals surface area (Å²) >= 11 is 0. The number of nitrogens with zero attached hydrogens (tertiary/aromatic N) is 3. The molecule has 0 radical (unpaired) electrons. The van der Waals surface area contributed by atoms with E-state index in [2.05, 4.69) is 35.9 Å². The van der Waals surface area contributed by atoms with Crippen molar-refractivity contribution in [3.05, 3.63) is 18.2 Å². The number of amides is 3. The zero-order valence-corrected chi connectivity index (χ0v) is 21.4. The lowest BCUT2D eigenvalue weighted by Crippen LogP contribution is -2.58. The number of hydrogen-bond acceptors (Lipinski definition) is 9. The smallest absolute Gasteiger partial charge is 0.326 e. The van der Waals surface area contributed by atoms with E-state index in [-0.39, 0.29) is 50.7 Å². The Hall–Kier alpha value is -4.45. The van der Waals surface area contributed by atoms with E-state index in [1.54, 1.807) is 0 Å². The molecule has 3 amide bonds. The largest absolute Gasteiger partial charge is 0.480 e. The average molecular weight is 555 g/mol. The summed E-state index contributed by atoms with van der Waals surface area (Å²) in [5.74, 6) is -3.97. The van der Waals surface area contributed by atoms with Crippen molar-refractivity contribution in [2.75, 3.05) is 19.7 Å². The number of H-pyrrole nitrogens is 1. The van der Waals surface area contributed by atoms with Crippen molar-refractivity contribution in [2.45, 2.75) is 56.3 Å². The molecule has 39 heavy (non-hydrogen) atoms. The van der Waals surface area contributed by atoms with Gasteiger partial charge in [-0.05, 0) is 25.7 Å². The number of rotatable bonds is 18. The Morgan fingerprint density at radius 3 is 1.92 bits per heavy atom. The number of nitrogens with two attached hydrogens (primary N) is 5. The monoisotopic (exact) mass is 554 g/mol. The van der Waals surface area contributed by atoms with Gasteiger partial charge in [-0.1, -0.05) is 0 Å². The molecule has 0 aromatic carbocycles. The van der Waals surface area contributed by atoms with E-state index in [0.717, 1.165) is 0 Å². The number of aromatic amines is 1. The topological polar surface area (TPSA) is 328 Å². The highest BCUT2D eigenvalue weighted by molar-refractivity contribution is 5.94. The Morgan fingerprint density at radius 1 is 0.872 bits per heavy atom. The number of aliphatic imine (C=N–C) groups is 2. The van der Waals surface area contributed by atoms with E-state index in [4.69, 9.17) is 28.7 Å². The molecule has 0 aliphatic carbocycles. The maximum absolute atomic E-state index is 13.0. The van der Waals surface area contributed by atoms with Crippen molar-refractivity contribution in [2.24, 2.45) is 38.7 Å². The molecular weight excluding hydrogens is 516 g/mol. The molecule has 0 bridgehead atoms. The van der Waals surface area contributed by atoms with Gasteiger partial charge in [0, 0.05) is 31.4 Å². The van der Waals surface area contributed by atoms with Gasteiger partial charge in [0.2, 0.25) is 17.7 Å². The summed E-state index contributed by atoms with van der Waals surface area (Å²) in [6, 6.07) is -5.02. The fourth-order valence-corrected chi connectivity index (χ4v) is 3.25. The number of aliphatic hydroxyl groups is 1. The summed E-state index contributed by atoms with van der Waals surface area (Å²) in [5, 5.41) is 26.3. The van der Waals surface area contributed by atoms with Crippen LogP contribution in [0.2, 0.25) is 0 Å². The Morgan fingerprint density at radius 2 is 1.41 bits per heavy atom. The number of nitrogens with one attached hydrogen (secondary N) is 4. The molecule has 1 rings (SSSR count). The maximum atomic E-state index is 13.0. The summed E-state index contributed by atoms with van der Waals surface area (Å²) in [7, 11) is 0. The molecule has 0 aliphatic rings. The zero-order valence-electron chi connectivity index (χ0n) is 21.4. The summed E-state index contributed by atoms with van der Waals surface area (Å²) in [6.45, 7) is -0.430. The van der Waals surface area contributed by atoms with E-state index in [1.807, 2.05) is 0 Å². The number of carbonyl (C=O) groups excluding carboxylic acids is 3. The van der Waals surface area contributed by atoms with E-state index in [0.29, 0.717) is 12.1 Å². The van der Waals surface area contributed by atoms with Crippen LogP contribution in [0.1, 0.15) is 31.4 Å². The molecule has 18 nitrogen and oxygen atoms in total. The number of guanidine groups is 2. The van der Waals surface area contributed by atoms with Gasteiger partial charge in [-0.25, -0.2) is 9.78 Å². The van der Waals surface area contributed by atoms with Crippen LogP contribution >= 0.6 is 0 Å². The predicted molar refractivity (Wildman–Crippen MR) is 141 cm³/mol. The fraction of sp³-hybridized carbons (Fsp3) is 0.571. The predicted octanol–water partition coefficient (Wildman–Crippen LogP) is -5.08. The number of aliphatic hydroxyl groups excluding tert-OH is 1. The second kappa shape index (κ2) is 17.1. The summed E-state index contributed by atoms with van der Waals surface area (Å²) < 4.78 is 0. The lowest BCUT2D eigenvalue weighted by Gasteiger charge is -2.24. The summed E-state index contributed by atoms with van der Waals surface area (Å²) in [5.41, 5.74) is 27.4. The molecule has 218 valence electrons. The first-order chi connectivity index (χ1) is 18.4. The van der Waals surface area contributed by atoms with E-state index in [1.165, 1.54) is 12.5 Å². The SMILES string of the molecule is NC(N)=NCCCC(N)C(=O)NC(Cc1cnc[nH]1)C(=O)NC(CO)C(=O)NC(CCCN=C(N)N)C(=O)O. The lowest BCUT2D eigenvalue weighted by atomic mass is 10.1. The second-order valence-electron chi connectivity index (χ2n) is 8.49. The Balaban J connectivity index is 2.85. The summed E-state index contributed by atoms with van der Waals surface area (Å²) in [4.78, 5) is 64.1. The normalized spacial score (nSPS) is 13.7. The molecule has 1 heterocycles. The zero-order chi connectivity index (χ0) is 29.4. The van der Waals surface area contributed by atoms with Gasteiger partial charge in [-0.3, -0.25) is 24.4 Å². The molecular formula is C21H38N12O6. The highest BCUT2D eigenvalue weighted by atomic mass is 16.4. The van der Waals surface area contributed by atoms with E-state index < -0.39 is 54.5 Å². The number of aliphatic carboxylic acids is 1. The van der Waals surface area contributed by atoms with Crippen LogP contribution in [0.3, 0.4) is 0 Å². The third-order valence-corrected chi connectivity index (χ3v) is 5.29. The molecule has 18 heteroatoms. The van der Waals surface area contributed by atoms with Crippen molar-refractivity contribution in [1.29, 1.82) is 0 Å². The molecule has 4 unspecified atom stereocenters. The Kier molecular flexibility index (Phi) is 14.3. The number of imidazole rings is 1. The van der Waals surface area contributed by atoms with Crippen molar-refractivity contribution in [3.63, 3.8) is 0 Å². The van der Waals surface area contributed by atoms with Crippen LogP contribution in [0, 0.1) is 0 Å². The standard InChI is InChI=1S/C21H38N12O6/c22-12(3-1-5-28-20(23)24)16(35)32-14(7-11-8-27-10-30-11)17(36)33-15(9-34)18(37)31-13(19(38)39)4-2-6-29-21(25)26/h8,10,12-15,34H,1-7,9,22H2,(H,27,30)(H,31,37)(H,32,35)(H,33,36)(H,38,39)(H4,23,24,28)(H4,25,26,29). The second-order valence-corrected chi connectivity index (χ2v) is 8.49. The molecule has 16 N–H and O–H groups in total. The average Bonchev–Trinajstić information content (AvgIpc) is 3.38. The van der Waals surface area contributed by atoms with Crippen molar-refractivity contribution in [1.82, 2.24) is 25.9 Å². The number of aromatic nitrogens is 2. The van der Waals surface area contributed by atoms with Crippen LogP contribution in [-0.4, -0.2) is 99.7 Å². The first-order valence-corrected chi connectivity index (χ1v) is 12.0. The molecule has 1 aromatic rings. The van der Waals surface area contributed by atoms with Crippen LogP contribution in [-0.2, 0) is 25.6 Å². The maximum Gasteiger partial charge on any atom is 0.326 e. The molecule has 0 aliphatic heterocycles. The van der Waals surface area contributed by atoms with Gasteiger partial charge in [0.25, 0.3) is 0 Å². The first kappa shape index (κ1) is 32.6. The number of carboxylic acid groups (broad SMARTS) is 1. The van der Waals surface area contributed by atoms with Gasteiger partial charge in [-0.15, -0.1) is 0 Å². The molecule has 0 saturated heterocycles. The quantitative estimate of drug-likeness (QED) is 0.0461. The molecule has 1 aromatic heterocycles.